The summed E-state index contributed by atoms with van der Waals surface area (Å²) in [5, 5.41) is 18.0. The van der Waals surface area contributed by atoms with Gasteiger partial charge in [-0.15, -0.1) is 0 Å². The van der Waals surface area contributed by atoms with Gasteiger partial charge in [0.15, 0.2) is 0 Å². The molecule has 0 fully saturated rings. The Morgan fingerprint density at radius 1 is 0.846 bits per heavy atom. The van der Waals surface area contributed by atoms with Crippen LogP contribution in [0.3, 0.4) is 0 Å². The van der Waals surface area contributed by atoms with Crippen LogP contribution in [-0.4, -0.2) is 22.4 Å². The monoisotopic (exact) mass is 188 g/mol. The van der Waals surface area contributed by atoms with Gasteiger partial charge >= 0.3 is 0 Å². The van der Waals surface area contributed by atoms with Crippen LogP contribution in [0.1, 0.15) is 58.8 Å². The third-order valence-corrected chi connectivity index (χ3v) is 2.20. The van der Waals surface area contributed by atoms with Crippen molar-refractivity contribution < 1.29 is 10.2 Å². The zero-order valence-electron chi connectivity index (χ0n) is 9.05. The van der Waals surface area contributed by atoms with Gasteiger partial charge in [0.2, 0.25) is 0 Å². The van der Waals surface area contributed by atoms with Crippen LogP contribution < -0.4 is 0 Å². The van der Waals surface area contributed by atoms with E-state index in [1.807, 2.05) is 13.8 Å². The zero-order chi connectivity index (χ0) is 10.2. The topological polar surface area (TPSA) is 40.5 Å². The van der Waals surface area contributed by atoms with Gasteiger partial charge in [-0.3, -0.25) is 0 Å². The highest BCUT2D eigenvalue weighted by Crippen LogP contribution is 2.14. The Hall–Kier alpha value is -0.0800. The largest absolute Gasteiger partial charge is 0.396 e. The van der Waals surface area contributed by atoms with Gasteiger partial charge in [-0.25, -0.2) is 0 Å². The first kappa shape index (κ1) is 12.9. The van der Waals surface area contributed by atoms with E-state index in [-0.39, 0.29) is 0 Å². The highest BCUT2D eigenvalue weighted by atomic mass is 16.3. The molecule has 0 aliphatic carbocycles. The number of rotatable bonds is 8. The first-order valence-electron chi connectivity index (χ1n) is 5.39. The summed E-state index contributed by atoms with van der Waals surface area (Å²) in [6, 6.07) is 0. The highest BCUT2D eigenvalue weighted by molar-refractivity contribution is 4.64. The lowest BCUT2D eigenvalue weighted by atomic mass is 10.00. The van der Waals surface area contributed by atoms with Crippen molar-refractivity contribution in [3.8, 4) is 0 Å². The van der Waals surface area contributed by atoms with Crippen molar-refractivity contribution in [2.75, 3.05) is 6.61 Å². The Morgan fingerprint density at radius 2 is 1.31 bits per heavy atom. The second-order valence-corrected chi connectivity index (χ2v) is 4.41. The van der Waals surface area contributed by atoms with Crippen molar-refractivity contribution in [1.29, 1.82) is 0 Å². The van der Waals surface area contributed by atoms with Crippen LogP contribution >= 0.6 is 0 Å². The molecule has 0 amide bonds. The number of hydrogen-bond acceptors (Lipinski definition) is 2. The van der Waals surface area contributed by atoms with Crippen LogP contribution in [-0.2, 0) is 0 Å². The van der Waals surface area contributed by atoms with Crippen molar-refractivity contribution in [1.82, 2.24) is 0 Å². The fraction of sp³-hybridized carbons (Fsp3) is 1.00. The summed E-state index contributed by atoms with van der Waals surface area (Å²) in [5.74, 6) is 0. The first-order chi connectivity index (χ1) is 6.06. The number of unbranched alkanes of at least 4 members (excludes halogenated alkanes) is 5. The third-order valence-electron chi connectivity index (χ3n) is 2.20. The van der Waals surface area contributed by atoms with Crippen LogP contribution in [0.5, 0.6) is 0 Å². The van der Waals surface area contributed by atoms with Crippen LogP contribution in [0.2, 0.25) is 0 Å². The lowest BCUT2D eigenvalue weighted by Crippen LogP contribution is -2.17. The standard InChI is InChI=1S/C11H24O2/c1-11(2,13)9-7-5-3-4-6-8-10-12/h12-13H,3-10H2,1-2H3. The van der Waals surface area contributed by atoms with E-state index >= 15 is 0 Å². The average Bonchev–Trinajstić information content (AvgIpc) is 2.01. The van der Waals surface area contributed by atoms with Gasteiger partial charge in [0, 0.05) is 6.61 Å². The third kappa shape index (κ3) is 11.9. The van der Waals surface area contributed by atoms with E-state index in [9.17, 15) is 5.11 Å². The summed E-state index contributed by atoms with van der Waals surface area (Å²) in [7, 11) is 0. The molecule has 0 heterocycles. The SMILES string of the molecule is CC(C)(O)CCCCCCCCO. The number of aliphatic hydroxyl groups excluding tert-OH is 1. The fourth-order valence-electron chi connectivity index (χ4n) is 1.38. The Kier molecular flexibility index (Phi) is 7.29. The predicted octanol–water partition coefficient (Wildman–Crippen LogP) is 2.48. The van der Waals surface area contributed by atoms with Crippen LogP contribution in [0.4, 0.5) is 0 Å². The zero-order valence-corrected chi connectivity index (χ0v) is 9.05. The summed E-state index contributed by atoms with van der Waals surface area (Å²) in [6.07, 6.45) is 7.73. The van der Waals surface area contributed by atoms with E-state index in [0.717, 1.165) is 25.7 Å². The summed E-state index contributed by atoms with van der Waals surface area (Å²) in [6.45, 7) is 4.04. The molecule has 0 saturated heterocycles. The van der Waals surface area contributed by atoms with Crippen molar-refractivity contribution in [2.45, 2.75) is 64.4 Å². The first-order valence-corrected chi connectivity index (χ1v) is 5.39. The predicted molar refractivity (Wildman–Crippen MR) is 55.7 cm³/mol. The van der Waals surface area contributed by atoms with Gasteiger partial charge in [-0.05, 0) is 26.7 Å². The second-order valence-electron chi connectivity index (χ2n) is 4.41. The molecule has 0 radical (unpaired) electrons. The maximum absolute atomic E-state index is 9.43. The minimum absolute atomic E-state index is 0.323. The highest BCUT2D eigenvalue weighted by Gasteiger charge is 2.10. The van der Waals surface area contributed by atoms with Crippen molar-refractivity contribution in [3.63, 3.8) is 0 Å². The fourth-order valence-corrected chi connectivity index (χ4v) is 1.38. The van der Waals surface area contributed by atoms with Gasteiger partial charge in [-0.1, -0.05) is 32.1 Å². The number of hydrogen-bond donors (Lipinski definition) is 2. The van der Waals surface area contributed by atoms with Crippen LogP contribution in [0.25, 0.3) is 0 Å². The Labute approximate surface area is 82.0 Å². The Balaban J connectivity index is 3.00. The molecule has 0 bridgehead atoms. The summed E-state index contributed by atoms with van der Waals surface area (Å²) >= 11 is 0. The quantitative estimate of drug-likeness (QED) is 0.574. The molecule has 2 N–H and O–H groups in total. The van der Waals surface area contributed by atoms with Gasteiger partial charge in [0.1, 0.15) is 0 Å². The van der Waals surface area contributed by atoms with E-state index in [2.05, 4.69) is 0 Å². The van der Waals surface area contributed by atoms with Crippen LogP contribution in [0, 0.1) is 0 Å². The Morgan fingerprint density at radius 3 is 1.77 bits per heavy atom. The van der Waals surface area contributed by atoms with E-state index in [0.29, 0.717) is 6.61 Å². The van der Waals surface area contributed by atoms with Gasteiger partial charge in [0.25, 0.3) is 0 Å². The molecule has 0 aliphatic rings. The maximum atomic E-state index is 9.43. The molecular weight excluding hydrogens is 164 g/mol. The normalized spacial score (nSPS) is 12.0. The van der Waals surface area contributed by atoms with E-state index in [4.69, 9.17) is 5.11 Å². The summed E-state index contributed by atoms with van der Waals surface area (Å²) in [4.78, 5) is 0. The lowest BCUT2D eigenvalue weighted by molar-refractivity contribution is 0.0680. The molecule has 0 atom stereocenters. The minimum Gasteiger partial charge on any atom is -0.396 e. The molecule has 0 rings (SSSR count). The minimum atomic E-state index is -0.495. The molecule has 2 nitrogen and oxygen atoms in total. The van der Waals surface area contributed by atoms with Crippen molar-refractivity contribution in [3.05, 3.63) is 0 Å². The molecule has 0 saturated carbocycles. The van der Waals surface area contributed by atoms with Gasteiger partial charge < -0.3 is 10.2 Å². The van der Waals surface area contributed by atoms with Crippen LogP contribution in [0.15, 0.2) is 0 Å². The molecule has 13 heavy (non-hydrogen) atoms. The van der Waals surface area contributed by atoms with E-state index < -0.39 is 5.60 Å². The van der Waals surface area contributed by atoms with Crippen molar-refractivity contribution in [2.24, 2.45) is 0 Å². The van der Waals surface area contributed by atoms with Crippen molar-refractivity contribution >= 4 is 0 Å². The maximum Gasteiger partial charge on any atom is 0.0591 e. The van der Waals surface area contributed by atoms with Gasteiger partial charge in [0.05, 0.1) is 5.60 Å². The summed E-state index contributed by atoms with van der Waals surface area (Å²) < 4.78 is 0. The Bertz CT molecular complexity index is 105. The smallest absolute Gasteiger partial charge is 0.0591 e. The second kappa shape index (κ2) is 7.34. The molecule has 0 aromatic heterocycles. The average molecular weight is 188 g/mol. The summed E-state index contributed by atoms with van der Waals surface area (Å²) in [5.41, 5.74) is -0.495. The molecule has 80 valence electrons. The van der Waals surface area contributed by atoms with E-state index in [1.165, 1.54) is 19.3 Å². The molecular formula is C11H24O2. The lowest BCUT2D eigenvalue weighted by Gasteiger charge is -2.16. The van der Waals surface area contributed by atoms with Gasteiger partial charge in [-0.2, -0.15) is 0 Å². The molecule has 0 aromatic carbocycles. The molecule has 0 spiro atoms. The molecule has 0 aliphatic heterocycles. The molecule has 2 heteroatoms. The number of aliphatic hydroxyl groups is 2. The van der Waals surface area contributed by atoms with E-state index in [1.54, 1.807) is 0 Å². The molecule has 0 unspecified atom stereocenters. The molecule has 0 aromatic rings.